The number of imidazole rings is 1. The fourth-order valence-corrected chi connectivity index (χ4v) is 1.68. The van der Waals surface area contributed by atoms with Gasteiger partial charge in [0.2, 0.25) is 0 Å². The summed E-state index contributed by atoms with van der Waals surface area (Å²) < 4.78 is 1.93. The van der Waals surface area contributed by atoms with E-state index in [9.17, 15) is 4.79 Å². The Kier molecular flexibility index (Phi) is 2.87. The number of nitrogens with one attached hydrogen (secondary N) is 1. The molecule has 0 bridgehead atoms. The Morgan fingerprint density at radius 3 is 3.12 bits per heavy atom. The average Bonchev–Trinajstić information content (AvgIpc) is 2.77. The van der Waals surface area contributed by atoms with E-state index in [4.69, 9.17) is 5.73 Å². The smallest absolute Gasteiger partial charge is 0.186 e. The molecule has 1 unspecified atom stereocenters. The number of hydrogen-bond donors (Lipinski definition) is 2. The van der Waals surface area contributed by atoms with Crippen LogP contribution in [0, 0.1) is 0 Å². The number of H-pyrrole nitrogens is 1. The van der Waals surface area contributed by atoms with E-state index >= 15 is 0 Å². The molecule has 3 N–H and O–H groups in total. The highest BCUT2D eigenvalue weighted by Gasteiger charge is 2.16. The van der Waals surface area contributed by atoms with Crippen molar-refractivity contribution in [3.05, 3.63) is 52.5 Å². The van der Waals surface area contributed by atoms with Gasteiger partial charge in [0.1, 0.15) is 5.82 Å². The summed E-state index contributed by atoms with van der Waals surface area (Å²) in [5.74, 6) is 0.708. The number of aromatic nitrogens is 3. The standard InChI is InChI=1S/C11H14N4O/c1-2-15-6-5-14-11(15)10(12)8-7-13-4-3-9(8)16/h3-7,10H,2,12H2,1H3,(H,13,16). The van der Waals surface area contributed by atoms with Crippen molar-refractivity contribution in [2.24, 2.45) is 5.73 Å². The maximum atomic E-state index is 11.6. The molecule has 0 aliphatic rings. The molecule has 0 fully saturated rings. The van der Waals surface area contributed by atoms with Gasteiger partial charge in [-0.05, 0) is 6.92 Å². The molecule has 0 amide bonds. The topological polar surface area (TPSA) is 76.7 Å². The second-order valence-corrected chi connectivity index (χ2v) is 3.51. The van der Waals surface area contributed by atoms with Crippen LogP contribution in [0.4, 0.5) is 0 Å². The Morgan fingerprint density at radius 1 is 1.62 bits per heavy atom. The largest absolute Gasteiger partial charge is 0.367 e. The SMILES string of the molecule is CCn1ccnc1C(N)c1c[nH]ccc1=O. The van der Waals surface area contributed by atoms with E-state index in [1.165, 1.54) is 6.07 Å². The minimum Gasteiger partial charge on any atom is -0.367 e. The van der Waals surface area contributed by atoms with E-state index in [1.54, 1.807) is 18.6 Å². The van der Waals surface area contributed by atoms with Crippen LogP contribution >= 0.6 is 0 Å². The molecule has 0 radical (unpaired) electrons. The number of nitrogens with two attached hydrogens (primary N) is 1. The first-order chi connectivity index (χ1) is 7.74. The summed E-state index contributed by atoms with van der Waals surface area (Å²) >= 11 is 0. The van der Waals surface area contributed by atoms with Crippen molar-refractivity contribution in [2.75, 3.05) is 0 Å². The van der Waals surface area contributed by atoms with Crippen molar-refractivity contribution in [3.63, 3.8) is 0 Å². The van der Waals surface area contributed by atoms with Gasteiger partial charge in [0, 0.05) is 43.0 Å². The van der Waals surface area contributed by atoms with Crippen molar-refractivity contribution >= 4 is 0 Å². The van der Waals surface area contributed by atoms with Crippen LogP contribution < -0.4 is 11.2 Å². The number of hydrogen-bond acceptors (Lipinski definition) is 3. The van der Waals surface area contributed by atoms with Gasteiger partial charge in [-0.15, -0.1) is 0 Å². The molecule has 16 heavy (non-hydrogen) atoms. The maximum absolute atomic E-state index is 11.6. The minimum absolute atomic E-state index is 0.0723. The van der Waals surface area contributed by atoms with Crippen molar-refractivity contribution < 1.29 is 0 Å². The molecule has 84 valence electrons. The first kappa shape index (κ1) is 10.6. The third-order valence-corrected chi connectivity index (χ3v) is 2.56. The predicted molar refractivity (Wildman–Crippen MR) is 61.0 cm³/mol. The summed E-state index contributed by atoms with van der Waals surface area (Å²) in [6.07, 6.45) is 6.76. The normalized spacial score (nSPS) is 12.6. The number of pyridine rings is 1. The second kappa shape index (κ2) is 4.32. The molecule has 0 saturated carbocycles. The van der Waals surface area contributed by atoms with Gasteiger partial charge in [0.25, 0.3) is 0 Å². The number of aromatic amines is 1. The zero-order valence-electron chi connectivity index (χ0n) is 9.05. The zero-order chi connectivity index (χ0) is 11.5. The van der Waals surface area contributed by atoms with E-state index in [0.717, 1.165) is 6.54 Å². The Balaban J connectivity index is 2.43. The van der Waals surface area contributed by atoms with Gasteiger partial charge in [-0.3, -0.25) is 4.79 Å². The summed E-state index contributed by atoms with van der Waals surface area (Å²) in [5, 5.41) is 0. The molecular formula is C11H14N4O. The van der Waals surface area contributed by atoms with Crippen LogP contribution in [0.3, 0.4) is 0 Å². The first-order valence-electron chi connectivity index (χ1n) is 5.17. The molecule has 2 rings (SSSR count). The van der Waals surface area contributed by atoms with E-state index in [2.05, 4.69) is 9.97 Å². The van der Waals surface area contributed by atoms with Gasteiger partial charge < -0.3 is 15.3 Å². The van der Waals surface area contributed by atoms with Gasteiger partial charge >= 0.3 is 0 Å². The molecule has 0 aliphatic heterocycles. The zero-order valence-corrected chi connectivity index (χ0v) is 9.05. The fraction of sp³-hybridized carbons (Fsp3) is 0.273. The van der Waals surface area contributed by atoms with Crippen LogP contribution in [0.1, 0.15) is 24.4 Å². The van der Waals surface area contributed by atoms with Crippen molar-refractivity contribution in [2.45, 2.75) is 19.5 Å². The monoisotopic (exact) mass is 218 g/mol. The molecule has 2 heterocycles. The van der Waals surface area contributed by atoms with Crippen LogP contribution in [0.2, 0.25) is 0 Å². The van der Waals surface area contributed by atoms with E-state index in [0.29, 0.717) is 11.4 Å². The molecule has 5 heteroatoms. The summed E-state index contributed by atoms with van der Waals surface area (Å²) in [7, 11) is 0. The lowest BCUT2D eigenvalue weighted by Gasteiger charge is -2.12. The minimum atomic E-state index is -0.486. The Morgan fingerprint density at radius 2 is 2.44 bits per heavy atom. The summed E-state index contributed by atoms with van der Waals surface area (Å²) in [5.41, 5.74) is 6.49. The predicted octanol–water partition coefficient (Wildman–Crippen LogP) is 0.639. The van der Waals surface area contributed by atoms with Gasteiger partial charge in [0.05, 0.1) is 6.04 Å². The van der Waals surface area contributed by atoms with E-state index < -0.39 is 6.04 Å². The van der Waals surface area contributed by atoms with Crippen molar-refractivity contribution in [1.82, 2.24) is 14.5 Å². The number of rotatable bonds is 3. The van der Waals surface area contributed by atoms with Crippen LogP contribution in [-0.2, 0) is 6.54 Å². The van der Waals surface area contributed by atoms with Crippen molar-refractivity contribution in [1.29, 1.82) is 0 Å². The molecule has 0 spiro atoms. The highest BCUT2D eigenvalue weighted by atomic mass is 16.1. The van der Waals surface area contributed by atoms with Gasteiger partial charge in [-0.1, -0.05) is 0 Å². The highest BCUT2D eigenvalue weighted by Crippen LogP contribution is 2.13. The summed E-state index contributed by atoms with van der Waals surface area (Å²) in [6, 6.07) is 0.980. The molecule has 0 aliphatic carbocycles. The lowest BCUT2D eigenvalue weighted by atomic mass is 10.1. The first-order valence-corrected chi connectivity index (χ1v) is 5.17. The van der Waals surface area contributed by atoms with E-state index in [-0.39, 0.29) is 5.43 Å². The van der Waals surface area contributed by atoms with E-state index in [1.807, 2.05) is 17.7 Å². The lowest BCUT2D eigenvalue weighted by molar-refractivity contribution is 0.653. The molecular weight excluding hydrogens is 204 g/mol. The van der Waals surface area contributed by atoms with Crippen LogP contribution in [0.25, 0.3) is 0 Å². The van der Waals surface area contributed by atoms with Gasteiger partial charge in [-0.25, -0.2) is 4.98 Å². The molecule has 2 aromatic heterocycles. The molecule has 0 saturated heterocycles. The van der Waals surface area contributed by atoms with Crippen LogP contribution in [-0.4, -0.2) is 14.5 Å². The molecule has 0 aromatic carbocycles. The molecule has 1 atom stereocenters. The highest BCUT2D eigenvalue weighted by molar-refractivity contribution is 5.21. The Bertz CT molecular complexity index is 529. The second-order valence-electron chi connectivity index (χ2n) is 3.51. The maximum Gasteiger partial charge on any atom is 0.186 e. The number of nitrogens with zero attached hydrogens (tertiary/aromatic N) is 2. The van der Waals surface area contributed by atoms with Crippen LogP contribution in [0.5, 0.6) is 0 Å². The third kappa shape index (κ3) is 1.77. The fourth-order valence-electron chi connectivity index (χ4n) is 1.68. The van der Waals surface area contributed by atoms with Gasteiger partial charge in [0.15, 0.2) is 5.43 Å². The number of aryl methyl sites for hydroxylation is 1. The van der Waals surface area contributed by atoms with Gasteiger partial charge in [-0.2, -0.15) is 0 Å². The Hall–Kier alpha value is -1.88. The quantitative estimate of drug-likeness (QED) is 0.793. The molecule has 2 aromatic rings. The van der Waals surface area contributed by atoms with Crippen LogP contribution in [0.15, 0.2) is 35.6 Å². The molecule has 5 nitrogen and oxygen atoms in total. The Labute approximate surface area is 92.9 Å². The average molecular weight is 218 g/mol. The van der Waals surface area contributed by atoms with Crippen molar-refractivity contribution in [3.8, 4) is 0 Å². The third-order valence-electron chi connectivity index (χ3n) is 2.56. The lowest BCUT2D eigenvalue weighted by Crippen LogP contribution is -2.23. The summed E-state index contributed by atoms with van der Waals surface area (Å²) in [6.45, 7) is 2.79. The summed E-state index contributed by atoms with van der Waals surface area (Å²) in [4.78, 5) is 18.7.